The summed E-state index contributed by atoms with van der Waals surface area (Å²) in [6.07, 6.45) is -17.5. The first-order valence-electron chi connectivity index (χ1n) is 36.1. The Morgan fingerprint density at radius 3 is 0.429 bits per heavy atom. The number of hydrogen-bond donors (Lipinski definition) is 0. The van der Waals surface area contributed by atoms with Gasteiger partial charge >= 0.3 is 24.7 Å². The second kappa shape index (κ2) is 40.5. The second-order valence-corrected chi connectivity index (χ2v) is 36.1. The van der Waals surface area contributed by atoms with Crippen LogP contribution in [-0.4, -0.2) is 0 Å². The van der Waals surface area contributed by atoms with Gasteiger partial charge in [0.2, 0.25) is 0 Å². The van der Waals surface area contributed by atoms with Crippen molar-refractivity contribution in [2.45, 2.75) is 112 Å². The van der Waals surface area contributed by atoms with E-state index in [0.29, 0.717) is 29.4 Å². The van der Waals surface area contributed by atoms with E-state index in [4.69, 9.17) is 0 Å². The molecule has 0 radical (unpaired) electrons. The molecule has 119 heavy (non-hydrogen) atoms. The van der Waals surface area contributed by atoms with Crippen molar-refractivity contribution in [3.05, 3.63) is 450 Å². The lowest BCUT2D eigenvalue weighted by Crippen LogP contribution is -2.09. The van der Waals surface area contributed by atoms with Crippen molar-refractivity contribution in [3.63, 3.8) is 0 Å². The van der Waals surface area contributed by atoms with E-state index in [2.05, 4.69) is 0 Å². The van der Waals surface area contributed by atoms with E-state index in [0.717, 1.165) is 122 Å². The predicted octanol–water partition coefficient (Wildman–Crippen LogP) is 29.4. The topological polar surface area (TPSA) is 0 Å². The Labute approximate surface area is 691 Å². The molecule has 1 unspecified atom stereocenters. The van der Waals surface area contributed by atoms with Crippen molar-refractivity contribution in [2.75, 3.05) is 0 Å². The zero-order valence-electron chi connectivity index (χ0n) is 62.7. The molecule has 15 rings (SSSR count). The largest absolute Gasteiger partial charge is 0.416 e. The van der Waals surface area contributed by atoms with Gasteiger partial charge in [0, 0.05) is 54.6 Å². The molecule has 0 heterocycles. The van der Waals surface area contributed by atoms with Gasteiger partial charge in [-0.1, -0.05) is 145 Å². The second-order valence-electron chi connectivity index (χ2n) is 25.9. The van der Waals surface area contributed by atoms with Crippen LogP contribution in [-0.2, 0) is 79.2 Å². The Hall–Kier alpha value is -11.2. The number of halogens is 18. The Balaban J connectivity index is 0.000000146. The quantitative estimate of drug-likeness (QED) is 0.0709. The van der Waals surface area contributed by atoms with Crippen LogP contribution in [0, 0.1) is 48.8 Å². The molecule has 23 heteroatoms. The fourth-order valence-electron chi connectivity index (χ4n) is 11.8. The summed E-state index contributed by atoms with van der Waals surface area (Å²) in [6, 6.07) is 104. The minimum atomic E-state index is -4.45. The maximum atomic E-state index is 13.6. The molecule has 0 fully saturated rings. The zero-order valence-corrected chi connectivity index (χ0v) is 66.8. The zero-order chi connectivity index (χ0) is 85.0. The Morgan fingerprint density at radius 2 is 0.277 bits per heavy atom. The van der Waals surface area contributed by atoms with Crippen LogP contribution in [0.3, 0.4) is 0 Å². The Morgan fingerprint density at radius 1 is 0.151 bits per heavy atom. The highest BCUT2D eigenvalue weighted by molar-refractivity contribution is 7.98. The lowest BCUT2D eigenvalue weighted by molar-refractivity contribution is -0.138. The van der Waals surface area contributed by atoms with E-state index in [1.165, 1.54) is 60.7 Å². The van der Waals surface area contributed by atoms with Crippen LogP contribution >= 0.6 is 0 Å². The summed E-state index contributed by atoms with van der Waals surface area (Å²) in [5, 5.41) is 0. The minimum Gasteiger partial charge on any atom is -0.207 e. The number of aryl methyl sites for hydroxylation is 2. The van der Waals surface area contributed by atoms with Gasteiger partial charge in [0.15, 0.2) is 73.4 Å². The van der Waals surface area contributed by atoms with Crippen molar-refractivity contribution >= 4 is 54.5 Å². The molecule has 0 spiro atoms. The van der Waals surface area contributed by atoms with E-state index in [-0.39, 0.29) is 0 Å². The molecular weight excluding hydrogens is 1660 g/mol. The minimum absolute atomic E-state index is 0.318. The number of alkyl halides is 12. The monoisotopic (exact) mass is 1720 g/mol. The van der Waals surface area contributed by atoms with Gasteiger partial charge in [-0.3, -0.25) is 0 Å². The molecule has 0 bridgehead atoms. The first kappa shape index (κ1) is 88.6. The molecule has 0 aliphatic heterocycles. The van der Waals surface area contributed by atoms with E-state index >= 15 is 0 Å². The van der Waals surface area contributed by atoms with E-state index in [9.17, 15) is 79.0 Å². The third-order valence-corrected chi connectivity index (χ3v) is 28.3. The van der Waals surface area contributed by atoms with Crippen LogP contribution in [0.5, 0.6) is 0 Å². The summed E-state index contributed by atoms with van der Waals surface area (Å²) in [4.78, 5) is 12.1. The number of hydrogen-bond acceptors (Lipinski definition) is 0. The van der Waals surface area contributed by atoms with E-state index in [1.807, 2.05) is 214 Å². The third-order valence-electron chi connectivity index (χ3n) is 17.3. The molecule has 15 aromatic carbocycles. The summed E-state index contributed by atoms with van der Waals surface area (Å²) >= 11 is 0. The van der Waals surface area contributed by atoms with Crippen molar-refractivity contribution in [2.24, 2.45) is 0 Å². The van der Waals surface area contributed by atoms with Crippen LogP contribution in [0.2, 0.25) is 0 Å². The maximum Gasteiger partial charge on any atom is 0.416 e. The standard InChI is InChI=1S/C21H15F6S.C20H16F3S.C19H14F3S.C18H11F4S.C18H13F2S/c1-14-2-8-17(9-3-14)28(18-10-4-15(5-11-18)20(22,23)24)19-12-6-16(7-13-19)21(25,26)27;1-15-7-11-18(12-8-15)24(17-5-3-2-4-6-17)19-13-9-16(10-14-19)20(21,22)23;20-19(21,22)15-11-13-18(14-12-15)23(16-7-3-1-4-8-16)17-9-5-2-6-10-17;19-12-6-13(20)9-17(8-12)23(16-4-2-1-3-5-16)18-10-14(21)7-15(22)11-18;19-14-11-15(20)13-18(12-14)21(16-7-3-1-4-8-16)17-9-5-2-6-10-17/h2-13H,1H3;2-14H,1H3;1-14H;1-11H;1-13H/q5*+1. The SMILES string of the molecule is Cc1ccc([S+](c2ccc(C(F)(F)F)cc2)c2ccc(C(F)(F)F)cc2)cc1.Cc1ccc([S+](c2ccccc2)c2ccc(C(F)(F)F)cc2)cc1.FC(F)(F)c1ccc([S+](c2ccccc2)c2ccccc2)cc1.Fc1cc(F)cc([S+](c2ccccc2)c2cc(F)cc(F)c2)c1.Fc1cc(F)cc([S+](c2ccccc2)c2ccccc2)c1. The van der Waals surface area contributed by atoms with Crippen LogP contribution in [0.25, 0.3) is 0 Å². The lowest BCUT2D eigenvalue weighted by Gasteiger charge is -2.11. The van der Waals surface area contributed by atoms with E-state index in [1.54, 1.807) is 54.6 Å². The summed E-state index contributed by atoms with van der Waals surface area (Å²) in [7, 11) is -3.20. The maximum absolute atomic E-state index is 13.6. The summed E-state index contributed by atoms with van der Waals surface area (Å²) < 4.78 is 235. The van der Waals surface area contributed by atoms with Gasteiger partial charge in [-0.05, 0) is 208 Å². The summed E-state index contributed by atoms with van der Waals surface area (Å²) in [6.45, 7) is 3.92. The first-order valence-corrected chi connectivity index (χ1v) is 42.2. The van der Waals surface area contributed by atoms with Gasteiger partial charge in [-0.15, -0.1) is 0 Å². The van der Waals surface area contributed by atoms with Gasteiger partial charge in [0.25, 0.3) is 0 Å². The average Bonchev–Trinajstić information content (AvgIpc) is 0.816. The first-order chi connectivity index (χ1) is 56.8. The molecule has 0 aliphatic carbocycles. The molecule has 0 saturated heterocycles. The predicted molar refractivity (Wildman–Crippen MR) is 437 cm³/mol. The highest BCUT2D eigenvalue weighted by Crippen LogP contribution is 2.41. The average molecular weight is 1720 g/mol. The molecule has 0 saturated carbocycles. The number of rotatable bonds is 15. The van der Waals surface area contributed by atoms with Crippen LogP contribution in [0.4, 0.5) is 79.0 Å². The van der Waals surface area contributed by atoms with Crippen LogP contribution in [0.15, 0.2) is 456 Å². The molecule has 1 atom stereocenters. The molecule has 0 N–H and O–H groups in total. The normalized spacial score (nSPS) is 11.8. The Bertz CT molecular complexity index is 5430. The van der Waals surface area contributed by atoms with Gasteiger partial charge in [0.1, 0.15) is 34.9 Å². The van der Waals surface area contributed by atoms with Crippen molar-refractivity contribution < 1.29 is 79.0 Å². The number of benzene rings is 15. The smallest absolute Gasteiger partial charge is 0.207 e. The van der Waals surface area contributed by atoms with Crippen LogP contribution in [0.1, 0.15) is 33.4 Å². The van der Waals surface area contributed by atoms with Crippen LogP contribution < -0.4 is 0 Å². The highest BCUT2D eigenvalue weighted by atomic mass is 32.2. The lowest BCUT2D eigenvalue weighted by atomic mass is 10.2. The molecule has 0 amide bonds. The third kappa shape index (κ3) is 25.0. The summed E-state index contributed by atoms with van der Waals surface area (Å²) in [5.74, 6) is -4.02. The van der Waals surface area contributed by atoms with E-state index < -0.39 is 136 Å². The molecular formula is C96H69F18S5+5. The van der Waals surface area contributed by atoms with Gasteiger partial charge < -0.3 is 0 Å². The van der Waals surface area contributed by atoms with Gasteiger partial charge in [-0.2, -0.15) is 52.7 Å². The fourth-order valence-corrected chi connectivity index (χ4v) is 22.3. The molecule has 0 aromatic heterocycles. The molecule has 604 valence electrons. The van der Waals surface area contributed by atoms with Crippen molar-refractivity contribution in [1.29, 1.82) is 0 Å². The fraction of sp³-hybridized carbons (Fsp3) is 0.0625. The summed E-state index contributed by atoms with van der Waals surface area (Å²) in [5.41, 5.74) is -0.611. The highest BCUT2D eigenvalue weighted by Gasteiger charge is 2.39. The van der Waals surface area contributed by atoms with Crippen molar-refractivity contribution in [1.82, 2.24) is 0 Å². The van der Waals surface area contributed by atoms with Gasteiger partial charge in [0.05, 0.1) is 76.7 Å². The van der Waals surface area contributed by atoms with Crippen molar-refractivity contribution in [3.8, 4) is 0 Å². The van der Waals surface area contributed by atoms with Gasteiger partial charge in [-0.25, -0.2) is 26.3 Å². The Kier molecular flexibility index (Phi) is 30.2. The molecule has 15 aromatic rings. The molecule has 0 nitrogen and oxygen atoms in total. The molecule has 0 aliphatic rings.